The van der Waals surface area contributed by atoms with Crippen LogP contribution >= 0.6 is 0 Å². The molecule has 1 heterocycles. The predicted molar refractivity (Wildman–Crippen MR) is 44.0 cm³/mol. The molecule has 0 aliphatic carbocycles. The lowest BCUT2D eigenvalue weighted by atomic mass is 10.3. The Hall–Kier alpha value is -0.820. The van der Waals surface area contributed by atoms with Gasteiger partial charge in [0.05, 0.1) is 19.8 Å². The highest BCUT2D eigenvalue weighted by atomic mass is 19.4. The maximum absolute atomic E-state index is 12.0. The van der Waals surface area contributed by atoms with Gasteiger partial charge in [-0.3, -0.25) is 4.79 Å². The first-order chi connectivity index (χ1) is 6.75. The zero-order valence-electron chi connectivity index (χ0n) is 8.43. The first kappa shape index (κ1) is 12.3. The van der Waals surface area contributed by atoms with Gasteiger partial charge in [0.25, 0.3) is 0 Å². The van der Waals surface area contributed by atoms with Crippen molar-refractivity contribution in [1.82, 2.24) is 4.90 Å². The Morgan fingerprint density at radius 3 is 2.27 bits per heavy atom. The van der Waals surface area contributed by atoms with Crippen molar-refractivity contribution >= 4 is 5.91 Å². The van der Waals surface area contributed by atoms with Crippen LogP contribution in [-0.2, 0) is 14.3 Å². The van der Waals surface area contributed by atoms with Gasteiger partial charge in [0.15, 0.2) is 5.79 Å². The second kappa shape index (κ2) is 3.97. The quantitative estimate of drug-likeness (QED) is 0.699. The molecule has 7 heteroatoms. The summed E-state index contributed by atoms with van der Waals surface area (Å²) in [5, 5.41) is 0. The van der Waals surface area contributed by atoms with Gasteiger partial charge < -0.3 is 14.4 Å². The van der Waals surface area contributed by atoms with Gasteiger partial charge in [-0.2, -0.15) is 13.2 Å². The number of hydrogen-bond acceptors (Lipinski definition) is 3. The van der Waals surface area contributed by atoms with Crippen LogP contribution in [0.4, 0.5) is 13.2 Å². The van der Waals surface area contributed by atoms with Gasteiger partial charge in [0, 0.05) is 7.05 Å². The molecule has 1 aliphatic heterocycles. The molecule has 0 spiro atoms. The number of amides is 1. The van der Waals surface area contributed by atoms with E-state index in [0.717, 1.165) is 7.05 Å². The molecule has 4 nitrogen and oxygen atoms in total. The summed E-state index contributed by atoms with van der Waals surface area (Å²) in [4.78, 5) is 11.3. The third-order valence-electron chi connectivity index (χ3n) is 2.01. The molecule has 0 aromatic carbocycles. The summed E-state index contributed by atoms with van der Waals surface area (Å²) in [5.74, 6) is -3.03. The molecular weight excluding hydrogens is 215 g/mol. The van der Waals surface area contributed by atoms with Crippen LogP contribution in [0.25, 0.3) is 0 Å². The lowest BCUT2D eigenvalue weighted by molar-refractivity contribution is -0.196. The fraction of sp³-hybridized carbons (Fsp3) is 0.875. The van der Waals surface area contributed by atoms with E-state index in [9.17, 15) is 18.0 Å². The average Bonchev–Trinajstić information content (AvgIpc) is 2.48. The van der Waals surface area contributed by atoms with Crippen LogP contribution in [0.2, 0.25) is 0 Å². The number of carbonyl (C=O) groups excluding carboxylic acids is 1. The van der Waals surface area contributed by atoms with Crippen LogP contribution < -0.4 is 0 Å². The van der Waals surface area contributed by atoms with E-state index in [4.69, 9.17) is 9.47 Å². The summed E-state index contributed by atoms with van der Waals surface area (Å²) in [6.45, 7) is 1.90. The first-order valence-electron chi connectivity index (χ1n) is 4.35. The Morgan fingerprint density at radius 1 is 1.40 bits per heavy atom. The van der Waals surface area contributed by atoms with Gasteiger partial charge in [0.2, 0.25) is 0 Å². The van der Waals surface area contributed by atoms with E-state index < -0.39 is 17.9 Å². The van der Waals surface area contributed by atoms with Crippen molar-refractivity contribution < 1.29 is 27.4 Å². The summed E-state index contributed by atoms with van der Waals surface area (Å²) in [5.41, 5.74) is 0. The highest BCUT2D eigenvalue weighted by Crippen LogP contribution is 2.23. The van der Waals surface area contributed by atoms with Crippen LogP contribution in [0, 0.1) is 0 Å². The van der Waals surface area contributed by atoms with E-state index in [0.29, 0.717) is 18.1 Å². The second-order valence-corrected chi connectivity index (χ2v) is 3.49. The van der Waals surface area contributed by atoms with Crippen LogP contribution in [0.15, 0.2) is 0 Å². The zero-order valence-corrected chi connectivity index (χ0v) is 8.43. The largest absolute Gasteiger partial charge is 0.471 e. The topological polar surface area (TPSA) is 38.8 Å². The molecule has 0 N–H and O–H groups in total. The highest BCUT2D eigenvalue weighted by molar-refractivity contribution is 5.81. The van der Waals surface area contributed by atoms with Gasteiger partial charge in [-0.15, -0.1) is 0 Å². The average molecular weight is 227 g/mol. The Kier molecular flexibility index (Phi) is 3.25. The fourth-order valence-corrected chi connectivity index (χ4v) is 1.37. The summed E-state index contributed by atoms with van der Waals surface area (Å²) >= 11 is 0. The van der Waals surface area contributed by atoms with Crippen molar-refractivity contribution in [3.8, 4) is 0 Å². The minimum Gasteiger partial charge on any atom is -0.346 e. The molecule has 1 rings (SSSR count). The maximum atomic E-state index is 12.0. The molecule has 15 heavy (non-hydrogen) atoms. The number of nitrogens with zero attached hydrogens (tertiary/aromatic N) is 1. The molecule has 0 atom stereocenters. The van der Waals surface area contributed by atoms with Crippen molar-refractivity contribution in [2.75, 3.05) is 26.8 Å². The molecule has 0 unspecified atom stereocenters. The molecule has 0 radical (unpaired) electrons. The monoisotopic (exact) mass is 227 g/mol. The number of halogens is 3. The molecule has 1 amide bonds. The van der Waals surface area contributed by atoms with Crippen LogP contribution in [0.5, 0.6) is 0 Å². The Morgan fingerprint density at radius 2 is 1.87 bits per heavy atom. The summed E-state index contributed by atoms with van der Waals surface area (Å²) in [6.07, 6.45) is -4.86. The number of hydrogen-bond donors (Lipinski definition) is 0. The van der Waals surface area contributed by atoms with Crippen molar-refractivity contribution in [2.45, 2.75) is 18.9 Å². The molecule has 1 saturated heterocycles. The molecule has 0 saturated carbocycles. The molecule has 0 aromatic rings. The number of rotatable bonds is 2. The summed E-state index contributed by atoms with van der Waals surface area (Å²) in [7, 11) is 1.06. The predicted octanol–water partition coefficient (Wildman–Crippen LogP) is 0.770. The highest BCUT2D eigenvalue weighted by Gasteiger charge is 2.44. The van der Waals surface area contributed by atoms with E-state index in [2.05, 4.69) is 0 Å². The first-order valence-corrected chi connectivity index (χ1v) is 4.35. The Bertz CT molecular complexity index is 248. The molecule has 88 valence electrons. The van der Waals surface area contributed by atoms with Crippen molar-refractivity contribution in [1.29, 1.82) is 0 Å². The third kappa shape index (κ3) is 3.07. The molecule has 0 aromatic heterocycles. The van der Waals surface area contributed by atoms with Crippen LogP contribution in [0.3, 0.4) is 0 Å². The number of ether oxygens (including phenoxy) is 2. The standard InChI is InChI=1S/C8H12F3NO3/c1-7(14-3-4-15-7)5-12(2)6(13)8(9,10)11/h3-5H2,1-2H3. The zero-order chi connectivity index (χ0) is 11.7. The summed E-state index contributed by atoms with van der Waals surface area (Å²) in [6, 6.07) is 0. The lowest BCUT2D eigenvalue weighted by Crippen LogP contribution is -2.47. The molecule has 0 bridgehead atoms. The Balaban J connectivity index is 2.55. The second-order valence-electron chi connectivity index (χ2n) is 3.49. The SMILES string of the molecule is CN(CC1(C)OCCO1)C(=O)C(F)(F)F. The van der Waals surface area contributed by atoms with Gasteiger partial charge in [-0.25, -0.2) is 0 Å². The van der Waals surface area contributed by atoms with E-state index in [-0.39, 0.29) is 6.54 Å². The lowest BCUT2D eigenvalue weighted by Gasteiger charge is -2.28. The van der Waals surface area contributed by atoms with Crippen molar-refractivity contribution in [2.24, 2.45) is 0 Å². The molecule has 1 aliphatic rings. The fourth-order valence-electron chi connectivity index (χ4n) is 1.37. The van der Waals surface area contributed by atoms with Gasteiger partial charge in [0.1, 0.15) is 0 Å². The minimum absolute atomic E-state index is 0.245. The summed E-state index contributed by atoms with van der Waals surface area (Å²) < 4.78 is 46.3. The maximum Gasteiger partial charge on any atom is 0.471 e. The van der Waals surface area contributed by atoms with Gasteiger partial charge >= 0.3 is 12.1 Å². The Labute approximate surface area is 84.9 Å². The van der Waals surface area contributed by atoms with Crippen molar-refractivity contribution in [3.05, 3.63) is 0 Å². The minimum atomic E-state index is -4.86. The van der Waals surface area contributed by atoms with E-state index >= 15 is 0 Å². The van der Waals surface area contributed by atoms with Crippen LogP contribution in [0.1, 0.15) is 6.92 Å². The molecular formula is C8H12F3NO3. The number of alkyl halides is 3. The number of carbonyl (C=O) groups is 1. The smallest absolute Gasteiger partial charge is 0.346 e. The van der Waals surface area contributed by atoms with Gasteiger partial charge in [-0.05, 0) is 6.92 Å². The molecule has 1 fully saturated rings. The normalized spacial score (nSPS) is 20.3. The number of likely N-dealkylation sites (N-methyl/N-ethyl adjacent to an activating group) is 1. The van der Waals surface area contributed by atoms with E-state index in [1.807, 2.05) is 0 Å². The van der Waals surface area contributed by atoms with E-state index in [1.165, 1.54) is 6.92 Å². The third-order valence-corrected chi connectivity index (χ3v) is 2.01. The van der Waals surface area contributed by atoms with Crippen LogP contribution in [-0.4, -0.2) is 49.6 Å². The van der Waals surface area contributed by atoms with Crippen molar-refractivity contribution in [3.63, 3.8) is 0 Å². The van der Waals surface area contributed by atoms with Gasteiger partial charge in [-0.1, -0.05) is 0 Å². The van der Waals surface area contributed by atoms with E-state index in [1.54, 1.807) is 0 Å².